The Morgan fingerprint density at radius 3 is 2.92 bits per heavy atom. The molecule has 0 aromatic carbocycles. The molecule has 0 radical (unpaired) electrons. The van der Waals surface area contributed by atoms with Crippen LogP contribution in [0.25, 0.3) is 0 Å². The van der Waals surface area contributed by atoms with Crippen LogP contribution in [0.2, 0.25) is 0 Å². The summed E-state index contributed by atoms with van der Waals surface area (Å²) in [6, 6.07) is 0. The first-order chi connectivity index (χ1) is 5.76. The lowest BCUT2D eigenvalue weighted by Gasteiger charge is -2.05. The van der Waals surface area contributed by atoms with Crippen LogP contribution in [-0.2, 0) is 13.2 Å². The molecule has 1 heterocycles. The second-order valence-electron chi connectivity index (χ2n) is 2.65. The Bertz CT molecular complexity index is 236. The monoisotopic (exact) mass is 171 g/mol. The smallest absolute Gasteiger partial charge is 0.108 e. The highest BCUT2D eigenvalue weighted by atomic mass is 16.3. The highest BCUT2D eigenvalue weighted by Gasteiger charge is 2.04. The van der Waals surface area contributed by atoms with Crippen molar-refractivity contribution in [1.82, 2.24) is 15.0 Å². The minimum Gasteiger partial charge on any atom is -0.391 e. The maximum absolute atomic E-state index is 9.24. The third-order valence-corrected chi connectivity index (χ3v) is 1.62. The summed E-state index contributed by atoms with van der Waals surface area (Å²) in [7, 11) is 0. The average molecular weight is 171 g/mol. The third-order valence-electron chi connectivity index (χ3n) is 1.62. The summed E-state index contributed by atoms with van der Waals surface area (Å²) in [5.41, 5.74) is 0.526. The molecule has 1 aromatic rings. The molecule has 0 fully saturated rings. The van der Waals surface area contributed by atoms with Gasteiger partial charge in [-0.25, -0.2) is 4.68 Å². The van der Waals surface area contributed by atoms with E-state index in [1.54, 1.807) is 6.20 Å². The fourth-order valence-corrected chi connectivity index (χ4v) is 0.845. The summed E-state index contributed by atoms with van der Waals surface area (Å²) < 4.78 is 1.53. The zero-order valence-corrected chi connectivity index (χ0v) is 7.01. The largest absolute Gasteiger partial charge is 0.391 e. The number of aliphatic hydroxyl groups is 2. The van der Waals surface area contributed by atoms with Gasteiger partial charge in [0.25, 0.3) is 0 Å². The maximum atomic E-state index is 9.24. The Balaban J connectivity index is 2.52. The normalized spacial score (nSPS) is 13.2. The molecule has 0 saturated heterocycles. The van der Waals surface area contributed by atoms with Crippen molar-refractivity contribution < 1.29 is 10.2 Å². The summed E-state index contributed by atoms with van der Waals surface area (Å²) >= 11 is 0. The van der Waals surface area contributed by atoms with Crippen LogP contribution in [0, 0.1) is 0 Å². The van der Waals surface area contributed by atoms with Gasteiger partial charge >= 0.3 is 0 Å². The Kier molecular flexibility index (Phi) is 3.19. The topological polar surface area (TPSA) is 71.2 Å². The molecule has 0 saturated carbocycles. The Morgan fingerprint density at radius 2 is 2.42 bits per heavy atom. The second-order valence-corrected chi connectivity index (χ2v) is 2.65. The van der Waals surface area contributed by atoms with Crippen molar-refractivity contribution >= 4 is 0 Å². The lowest BCUT2D eigenvalue weighted by molar-refractivity contribution is 0.144. The van der Waals surface area contributed by atoms with E-state index in [-0.39, 0.29) is 6.61 Å². The zero-order valence-electron chi connectivity index (χ0n) is 7.01. The van der Waals surface area contributed by atoms with Crippen molar-refractivity contribution in [3.05, 3.63) is 11.9 Å². The van der Waals surface area contributed by atoms with Crippen molar-refractivity contribution in [3.63, 3.8) is 0 Å². The molecule has 0 spiro atoms. The molecule has 5 heteroatoms. The summed E-state index contributed by atoms with van der Waals surface area (Å²) in [6.45, 7) is 2.22. The van der Waals surface area contributed by atoms with Crippen molar-refractivity contribution in [2.45, 2.75) is 32.6 Å². The standard InChI is InChI=1S/C7H13N3O2/c1-2-7(12)4-10-3-6(5-11)8-9-10/h3,7,11-12H,2,4-5H2,1H3. The summed E-state index contributed by atoms with van der Waals surface area (Å²) in [6.07, 6.45) is 1.92. The van der Waals surface area contributed by atoms with Gasteiger partial charge in [-0.2, -0.15) is 0 Å². The first-order valence-electron chi connectivity index (χ1n) is 3.94. The van der Waals surface area contributed by atoms with Crippen LogP contribution < -0.4 is 0 Å². The van der Waals surface area contributed by atoms with Gasteiger partial charge in [0.05, 0.1) is 25.5 Å². The molecular formula is C7H13N3O2. The van der Waals surface area contributed by atoms with Crippen LogP contribution in [0.1, 0.15) is 19.0 Å². The number of hydrogen-bond acceptors (Lipinski definition) is 4. The van der Waals surface area contributed by atoms with Gasteiger partial charge in [-0.1, -0.05) is 12.1 Å². The molecule has 1 aromatic heterocycles. The van der Waals surface area contributed by atoms with Gasteiger partial charge in [-0.3, -0.25) is 0 Å². The number of hydrogen-bond donors (Lipinski definition) is 2. The average Bonchev–Trinajstić information content (AvgIpc) is 2.52. The lowest BCUT2D eigenvalue weighted by atomic mass is 10.3. The van der Waals surface area contributed by atoms with Crippen LogP contribution in [0.15, 0.2) is 6.20 Å². The first kappa shape index (κ1) is 9.15. The SMILES string of the molecule is CCC(O)Cn1cc(CO)nn1. The predicted molar refractivity (Wildman–Crippen MR) is 42.2 cm³/mol. The molecule has 1 atom stereocenters. The van der Waals surface area contributed by atoms with E-state index in [0.29, 0.717) is 18.7 Å². The van der Waals surface area contributed by atoms with Gasteiger partial charge in [0.15, 0.2) is 0 Å². The minimum absolute atomic E-state index is 0.109. The molecule has 0 aliphatic carbocycles. The Labute approximate surface area is 70.6 Å². The summed E-state index contributed by atoms with van der Waals surface area (Å²) in [4.78, 5) is 0. The molecule has 0 aliphatic rings. The van der Waals surface area contributed by atoms with Crippen LogP contribution in [0.3, 0.4) is 0 Å². The predicted octanol–water partition coefficient (Wildman–Crippen LogP) is -0.459. The van der Waals surface area contributed by atoms with E-state index < -0.39 is 6.10 Å². The second kappa shape index (κ2) is 4.18. The molecule has 0 bridgehead atoms. The first-order valence-corrected chi connectivity index (χ1v) is 3.94. The van der Waals surface area contributed by atoms with E-state index in [9.17, 15) is 5.11 Å². The highest BCUT2D eigenvalue weighted by Crippen LogP contribution is 1.97. The van der Waals surface area contributed by atoms with E-state index in [1.807, 2.05) is 6.92 Å². The molecule has 0 aliphatic heterocycles. The summed E-state index contributed by atoms with van der Waals surface area (Å²) in [5, 5.41) is 25.3. The Hall–Kier alpha value is -0.940. The molecule has 1 rings (SSSR count). The molecule has 0 amide bonds. The maximum Gasteiger partial charge on any atom is 0.108 e. The number of nitrogens with zero attached hydrogens (tertiary/aromatic N) is 3. The Morgan fingerprint density at radius 1 is 1.67 bits per heavy atom. The van der Waals surface area contributed by atoms with E-state index in [0.717, 1.165) is 0 Å². The molecular weight excluding hydrogens is 158 g/mol. The van der Waals surface area contributed by atoms with Crippen LogP contribution in [0.5, 0.6) is 0 Å². The minimum atomic E-state index is -0.391. The lowest BCUT2D eigenvalue weighted by Crippen LogP contribution is -2.15. The van der Waals surface area contributed by atoms with E-state index in [4.69, 9.17) is 5.11 Å². The van der Waals surface area contributed by atoms with E-state index in [1.165, 1.54) is 4.68 Å². The summed E-state index contributed by atoms with van der Waals surface area (Å²) in [5.74, 6) is 0. The molecule has 12 heavy (non-hydrogen) atoms. The van der Waals surface area contributed by atoms with Crippen molar-refractivity contribution in [1.29, 1.82) is 0 Å². The fraction of sp³-hybridized carbons (Fsp3) is 0.714. The van der Waals surface area contributed by atoms with Gasteiger partial charge in [-0.15, -0.1) is 5.10 Å². The quantitative estimate of drug-likeness (QED) is 0.643. The van der Waals surface area contributed by atoms with Gasteiger partial charge in [0.2, 0.25) is 0 Å². The van der Waals surface area contributed by atoms with E-state index >= 15 is 0 Å². The van der Waals surface area contributed by atoms with Gasteiger partial charge in [0.1, 0.15) is 5.69 Å². The molecule has 2 N–H and O–H groups in total. The number of aromatic nitrogens is 3. The third kappa shape index (κ3) is 2.28. The van der Waals surface area contributed by atoms with Gasteiger partial charge in [0, 0.05) is 0 Å². The van der Waals surface area contributed by atoms with Crippen molar-refractivity contribution in [2.75, 3.05) is 0 Å². The van der Waals surface area contributed by atoms with Crippen LogP contribution in [-0.4, -0.2) is 31.3 Å². The molecule has 68 valence electrons. The van der Waals surface area contributed by atoms with Crippen molar-refractivity contribution in [3.8, 4) is 0 Å². The van der Waals surface area contributed by atoms with Crippen LogP contribution in [0.4, 0.5) is 0 Å². The van der Waals surface area contributed by atoms with Gasteiger partial charge < -0.3 is 10.2 Å². The number of rotatable bonds is 4. The van der Waals surface area contributed by atoms with Crippen LogP contribution >= 0.6 is 0 Å². The fourth-order valence-electron chi connectivity index (χ4n) is 0.845. The van der Waals surface area contributed by atoms with E-state index in [2.05, 4.69) is 10.3 Å². The molecule has 5 nitrogen and oxygen atoms in total. The molecule has 1 unspecified atom stereocenters. The van der Waals surface area contributed by atoms with Crippen molar-refractivity contribution in [2.24, 2.45) is 0 Å². The number of aliphatic hydroxyl groups excluding tert-OH is 2. The highest BCUT2D eigenvalue weighted by molar-refractivity contribution is 4.88. The zero-order chi connectivity index (χ0) is 8.97. The van der Waals surface area contributed by atoms with Gasteiger partial charge in [-0.05, 0) is 6.42 Å².